The number of hydrogen-bond acceptors (Lipinski definition) is 3. The number of benzene rings is 1. The molecule has 1 N–H and O–H groups in total. The van der Waals surface area contributed by atoms with Gasteiger partial charge in [-0.3, -0.25) is 4.98 Å². The summed E-state index contributed by atoms with van der Waals surface area (Å²) in [5.41, 5.74) is 0. The maximum atomic E-state index is 9.83. The van der Waals surface area contributed by atoms with Crippen LogP contribution in [-0.4, -0.2) is 15.3 Å². The fraction of sp³-hybridized carbons (Fsp3) is 0.400. The molecule has 0 saturated heterocycles. The molecule has 1 aromatic heterocycles. The van der Waals surface area contributed by atoms with Crippen molar-refractivity contribution in [2.75, 3.05) is 0 Å². The van der Waals surface area contributed by atoms with Crippen LogP contribution in [-0.2, 0) is 0 Å². The highest BCUT2D eigenvalue weighted by Crippen LogP contribution is 2.35. The minimum atomic E-state index is 0.276. The highest BCUT2D eigenvalue weighted by Gasteiger charge is 2.14. The minimum absolute atomic E-state index is 0.276. The van der Waals surface area contributed by atoms with Gasteiger partial charge in [-0.15, -0.1) is 11.8 Å². The van der Waals surface area contributed by atoms with Crippen LogP contribution in [0, 0.1) is 0 Å². The third kappa shape index (κ3) is 2.46. The van der Waals surface area contributed by atoms with Gasteiger partial charge in [0.05, 0.1) is 6.20 Å². The molecular formula is C15H17NOS. The van der Waals surface area contributed by atoms with E-state index in [2.05, 4.69) is 17.1 Å². The van der Waals surface area contributed by atoms with Crippen molar-refractivity contribution in [2.24, 2.45) is 0 Å². The molecule has 1 aliphatic carbocycles. The number of nitrogens with zero attached hydrogens (tertiary/aromatic N) is 1. The monoisotopic (exact) mass is 259 g/mol. The van der Waals surface area contributed by atoms with Gasteiger partial charge in [0.25, 0.3) is 0 Å². The van der Waals surface area contributed by atoms with Gasteiger partial charge in [0.15, 0.2) is 0 Å². The zero-order valence-electron chi connectivity index (χ0n) is 10.3. The second-order valence-electron chi connectivity index (χ2n) is 4.92. The van der Waals surface area contributed by atoms with E-state index in [0.29, 0.717) is 0 Å². The molecule has 2 nitrogen and oxygen atoms in total. The van der Waals surface area contributed by atoms with Gasteiger partial charge in [-0.25, -0.2) is 0 Å². The van der Waals surface area contributed by atoms with Crippen LogP contribution >= 0.6 is 11.8 Å². The second kappa shape index (κ2) is 5.19. The molecule has 1 heterocycles. The lowest BCUT2D eigenvalue weighted by Crippen LogP contribution is -2.07. The summed E-state index contributed by atoms with van der Waals surface area (Å²) in [4.78, 5) is 5.26. The van der Waals surface area contributed by atoms with E-state index in [1.807, 2.05) is 17.8 Å². The van der Waals surface area contributed by atoms with Crippen molar-refractivity contribution in [1.29, 1.82) is 0 Å². The van der Waals surface area contributed by atoms with Gasteiger partial charge in [0.2, 0.25) is 0 Å². The molecule has 1 fully saturated rings. The zero-order valence-corrected chi connectivity index (χ0v) is 11.1. The van der Waals surface area contributed by atoms with Crippen molar-refractivity contribution < 1.29 is 5.11 Å². The standard InChI is InChI=1S/C15H17NOS/c17-15-10-16-9-11-6-7-13(8-14(11)15)18-12-4-2-1-3-5-12/h6-10,12,17H,1-5H2. The first-order valence-electron chi connectivity index (χ1n) is 6.56. The van der Waals surface area contributed by atoms with Gasteiger partial charge >= 0.3 is 0 Å². The summed E-state index contributed by atoms with van der Waals surface area (Å²) in [6, 6.07) is 6.28. The molecule has 94 valence electrons. The van der Waals surface area contributed by atoms with Gasteiger partial charge in [-0.05, 0) is 25.0 Å². The molecule has 3 heteroatoms. The lowest BCUT2D eigenvalue weighted by Gasteiger charge is -2.21. The third-order valence-electron chi connectivity index (χ3n) is 3.57. The van der Waals surface area contributed by atoms with Gasteiger partial charge in [0, 0.05) is 27.1 Å². The van der Waals surface area contributed by atoms with E-state index < -0.39 is 0 Å². The van der Waals surface area contributed by atoms with E-state index in [0.717, 1.165) is 16.0 Å². The number of fused-ring (bicyclic) bond motifs is 1. The Kier molecular flexibility index (Phi) is 3.41. The zero-order chi connectivity index (χ0) is 12.4. The Labute approximate surface area is 111 Å². The lowest BCUT2D eigenvalue weighted by molar-refractivity contribution is 0.479. The number of aromatic hydroxyl groups is 1. The first-order valence-corrected chi connectivity index (χ1v) is 7.44. The SMILES string of the molecule is Oc1cncc2ccc(SC3CCCCC3)cc12. The molecule has 1 aromatic carbocycles. The third-order valence-corrected chi connectivity index (χ3v) is 4.90. The van der Waals surface area contributed by atoms with Crippen LogP contribution in [0.3, 0.4) is 0 Å². The quantitative estimate of drug-likeness (QED) is 0.869. The molecular weight excluding hydrogens is 242 g/mol. The van der Waals surface area contributed by atoms with Crippen molar-refractivity contribution >= 4 is 22.5 Å². The average molecular weight is 259 g/mol. The molecule has 1 saturated carbocycles. The van der Waals surface area contributed by atoms with Crippen LogP contribution in [0.2, 0.25) is 0 Å². The average Bonchev–Trinajstić information content (AvgIpc) is 2.41. The van der Waals surface area contributed by atoms with Crippen LogP contribution in [0.1, 0.15) is 32.1 Å². The van der Waals surface area contributed by atoms with Crippen LogP contribution < -0.4 is 0 Å². The molecule has 3 rings (SSSR count). The van der Waals surface area contributed by atoms with E-state index in [-0.39, 0.29) is 5.75 Å². The Hall–Kier alpha value is -1.22. The topological polar surface area (TPSA) is 33.1 Å². The molecule has 0 atom stereocenters. The van der Waals surface area contributed by atoms with Gasteiger partial charge in [0.1, 0.15) is 5.75 Å². The summed E-state index contributed by atoms with van der Waals surface area (Å²) >= 11 is 1.96. The fourth-order valence-electron chi connectivity index (χ4n) is 2.58. The summed E-state index contributed by atoms with van der Waals surface area (Å²) in [7, 11) is 0. The van der Waals surface area contributed by atoms with Crippen LogP contribution in [0.5, 0.6) is 5.75 Å². The maximum Gasteiger partial charge on any atom is 0.141 e. The van der Waals surface area contributed by atoms with Crippen molar-refractivity contribution in [1.82, 2.24) is 4.98 Å². The Morgan fingerprint density at radius 3 is 2.78 bits per heavy atom. The molecule has 18 heavy (non-hydrogen) atoms. The summed E-state index contributed by atoms with van der Waals surface area (Å²) in [5.74, 6) is 0.276. The first-order chi connectivity index (χ1) is 8.83. The van der Waals surface area contributed by atoms with Crippen LogP contribution in [0.4, 0.5) is 0 Å². The normalized spacial score (nSPS) is 17.1. The number of thioether (sulfide) groups is 1. The fourth-order valence-corrected chi connectivity index (χ4v) is 3.86. The molecule has 0 amide bonds. The van der Waals surface area contributed by atoms with E-state index in [4.69, 9.17) is 0 Å². The molecule has 0 unspecified atom stereocenters. The first kappa shape index (κ1) is 11.8. The molecule has 0 aliphatic heterocycles. The summed E-state index contributed by atoms with van der Waals surface area (Å²) < 4.78 is 0. The maximum absolute atomic E-state index is 9.83. The lowest BCUT2D eigenvalue weighted by atomic mass is 10.0. The highest BCUT2D eigenvalue weighted by atomic mass is 32.2. The van der Waals surface area contributed by atoms with Gasteiger partial charge in [-0.2, -0.15) is 0 Å². The second-order valence-corrected chi connectivity index (χ2v) is 6.29. The van der Waals surface area contributed by atoms with Crippen molar-refractivity contribution in [3.8, 4) is 5.75 Å². The Balaban J connectivity index is 1.86. The van der Waals surface area contributed by atoms with E-state index in [1.165, 1.54) is 43.2 Å². The molecule has 0 radical (unpaired) electrons. The minimum Gasteiger partial charge on any atom is -0.506 e. The Morgan fingerprint density at radius 2 is 1.94 bits per heavy atom. The van der Waals surface area contributed by atoms with Crippen LogP contribution in [0.25, 0.3) is 10.8 Å². The Morgan fingerprint density at radius 1 is 1.11 bits per heavy atom. The van der Waals surface area contributed by atoms with Crippen LogP contribution in [0.15, 0.2) is 35.5 Å². The molecule has 1 aliphatic rings. The number of hydrogen-bond donors (Lipinski definition) is 1. The number of pyridine rings is 1. The van der Waals surface area contributed by atoms with Crippen molar-refractivity contribution in [3.05, 3.63) is 30.6 Å². The number of rotatable bonds is 2. The van der Waals surface area contributed by atoms with Gasteiger partial charge < -0.3 is 5.11 Å². The van der Waals surface area contributed by atoms with Gasteiger partial charge in [-0.1, -0.05) is 25.3 Å². The number of aromatic nitrogens is 1. The van der Waals surface area contributed by atoms with E-state index >= 15 is 0 Å². The summed E-state index contributed by atoms with van der Waals surface area (Å²) in [6.07, 6.45) is 10.1. The predicted molar refractivity (Wildman–Crippen MR) is 76.1 cm³/mol. The largest absolute Gasteiger partial charge is 0.506 e. The predicted octanol–water partition coefficient (Wildman–Crippen LogP) is 4.37. The van der Waals surface area contributed by atoms with Crippen molar-refractivity contribution in [3.63, 3.8) is 0 Å². The summed E-state index contributed by atoms with van der Waals surface area (Å²) in [5, 5.41) is 12.5. The van der Waals surface area contributed by atoms with Crippen molar-refractivity contribution in [2.45, 2.75) is 42.2 Å². The van der Waals surface area contributed by atoms with E-state index in [1.54, 1.807) is 6.20 Å². The molecule has 0 bridgehead atoms. The smallest absolute Gasteiger partial charge is 0.141 e. The Bertz CT molecular complexity index is 549. The molecule has 2 aromatic rings. The highest BCUT2D eigenvalue weighted by molar-refractivity contribution is 8.00. The summed E-state index contributed by atoms with van der Waals surface area (Å²) in [6.45, 7) is 0. The van der Waals surface area contributed by atoms with E-state index in [9.17, 15) is 5.11 Å². The molecule has 0 spiro atoms.